The first-order chi connectivity index (χ1) is 14.9. The number of nitrogens with one attached hydrogen (secondary N) is 1. The Morgan fingerprint density at radius 3 is 2.48 bits per heavy atom. The van der Waals surface area contributed by atoms with Crippen LogP contribution in [0.15, 0.2) is 59.7 Å². The highest BCUT2D eigenvalue weighted by Gasteiger charge is 2.13. The van der Waals surface area contributed by atoms with Gasteiger partial charge in [0.1, 0.15) is 6.61 Å². The molecular weight excluding hydrogens is 482 g/mol. The summed E-state index contributed by atoms with van der Waals surface area (Å²) in [4.78, 5) is 12.2. The van der Waals surface area contributed by atoms with Crippen LogP contribution in [0.4, 0.5) is 0 Å². The Bertz CT molecular complexity index is 1140. The Morgan fingerprint density at radius 2 is 1.77 bits per heavy atom. The highest BCUT2D eigenvalue weighted by Crippen LogP contribution is 2.37. The van der Waals surface area contributed by atoms with Crippen LogP contribution in [0.2, 0.25) is 20.1 Å². The van der Waals surface area contributed by atoms with Gasteiger partial charge in [0.05, 0.1) is 28.9 Å². The van der Waals surface area contributed by atoms with E-state index >= 15 is 0 Å². The molecular formula is C22H16Cl4N2O3. The van der Waals surface area contributed by atoms with Crippen molar-refractivity contribution in [3.05, 3.63) is 91.4 Å². The van der Waals surface area contributed by atoms with E-state index in [1.54, 1.807) is 24.3 Å². The summed E-state index contributed by atoms with van der Waals surface area (Å²) in [6.45, 7) is 0.223. The number of nitrogens with zero attached hydrogens (tertiary/aromatic N) is 1. The van der Waals surface area contributed by atoms with Gasteiger partial charge in [-0.1, -0.05) is 64.6 Å². The van der Waals surface area contributed by atoms with E-state index in [4.69, 9.17) is 55.9 Å². The van der Waals surface area contributed by atoms with Crippen LogP contribution in [0.3, 0.4) is 0 Å². The summed E-state index contributed by atoms with van der Waals surface area (Å²) < 4.78 is 11.2. The Kier molecular flexibility index (Phi) is 8.04. The third-order valence-electron chi connectivity index (χ3n) is 4.14. The minimum absolute atomic E-state index is 0.223. The van der Waals surface area contributed by atoms with Gasteiger partial charge in [0.25, 0.3) is 5.91 Å². The van der Waals surface area contributed by atoms with Crippen molar-refractivity contribution in [2.75, 3.05) is 7.11 Å². The molecule has 5 nitrogen and oxygen atoms in total. The fourth-order valence-corrected chi connectivity index (χ4v) is 3.58. The van der Waals surface area contributed by atoms with Crippen LogP contribution in [0, 0.1) is 0 Å². The number of hydrazone groups is 1. The van der Waals surface area contributed by atoms with Gasteiger partial charge in [-0.25, -0.2) is 5.43 Å². The van der Waals surface area contributed by atoms with Crippen LogP contribution in [-0.2, 0) is 6.61 Å². The fourth-order valence-electron chi connectivity index (χ4n) is 2.62. The maximum Gasteiger partial charge on any atom is 0.272 e. The Labute approximate surface area is 199 Å². The maximum absolute atomic E-state index is 12.2. The first kappa shape index (κ1) is 23.2. The molecule has 160 valence electrons. The van der Waals surface area contributed by atoms with Crippen molar-refractivity contribution in [2.24, 2.45) is 5.10 Å². The van der Waals surface area contributed by atoms with Crippen LogP contribution < -0.4 is 14.9 Å². The zero-order chi connectivity index (χ0) is 22.4. The van der Waals surface area contributed by atoms with Crippen molar-refractivity contribution in [2.45, 2.75) is 6.61 Å². The second-order valence-electron chi connectivity index (χ2n) is 6.24. The molecule has 31 heavy (non-hydrogen) atoms. The molecule has 3 aromatic rings. The molecule has 0 unspecified atom stereocenters. The third kappa shape index (κ3) is 6.05. The molecule has 0 aromatic heterocycles. The average Bonchev–Trinajstić information content (AvgIpc) is 2.73. The van der Waals surface area contributed by atoms with Gasteiger partial charge in [-0.3, -0.25) is 4.79 Å². The zero-order valence-electron chi connectivity index (χ0n) is 16.2. The van der Waals surface area contributed by atoms with Crippen molar-refractivity contribution in [1.29, 1.82) is 0 Å². The highest BCUT2D eigenvalue weighted by molar-refractivity contribution is 6.36. The van der Waals surface area contributed by atoms with Gasteiger partial charge in [0.15, 0.2) is 11.5 Å². The third-order valence-corrected chi connectivity index (χ3v) is 5.33. The van der Waals surface area contributed by atoms with E-state index in [2.05, 4.69) is 10.5 Å². The largest absolute Gasteiger partial charge is 0.493 e. The summed E-state index contributed by atoms with van der Waals surface area (Å²) in [7, 11) is 1.50. The summed E-state index contributed by atoms with van der Waals surface area (Å²) in [5.41, 5.74) is 4.07. The van der Waals surface area contributed by atoms with E-state index in [1.165, 1.54) is 25.5 Å². The van der Waals surface area contributed by atoms with Crippen molar-refractivity contribution < 1.29 is 14.3 Å². The summed E-state index contributed by atoms with van der Waals surface area (Å²) in [5, 5.41) is 5.52. The van der Waals surface area contributed by atoms with E-state index in [0.29, 0.717) is 32.1 Å². The van der Waals surface area contributed by atoms with Crippen LogP contribution in [0.25, 0.3) is 0 Å². The number of amides is 1. The zero-order valence-corrected chi connectivity index (χ0v) is 19.2. The molecule has 0 spiro atoms. The number of benzene rings is 3. The molecule has 1 amide bonds. The molecule has 0 aliphatic heterocycles. The smallest absolute Gasteiger partial charge is 0.272 e. The monoisotopic (exact) mass is 496 g/mol. The van der Waals surface area contributed by atoms with Crippen molar-refractivity contribution in [3.8, 4) is 11.5 Å². The predicted molar refractivity (Wildman–Crippen MR) is 125 cm³/mol. The molecule has 3 rings (SSSR count). The minimum atomic E-state index is -0.476. The number of ether oxygens (including phenoxy) is 2. The molecule has 0 radical (unpaired) electrons. The molecule has 0 fully saturated rings. The standard InChI is InChI=1S/C22H16Cl4N2O3/c1-30-20-9-13(11-27-28-22(29)16-7-6-15(23)10-18(16)25)8-19(26)21(20)31-12-14-4-2-3-5-17(14)24/h2-11H,12H2,1H3,(H,28,29)/b27-11-. The van der Waals surface area contributed by atoms with Gasteiger partial charge < -0.3 is 9.47 Å². The molecule has 0 heterocycles. The van der Waals surface area contributed by atoms with Gasteiger partial charge in [-0.05, 0) is 42.0 Å². The lowest BCUT2D eigenvalue weighted by Gasteiger charge is -2.14. The van der Waals surface area contributed by atoms with E-state index < -0.39 is 5.91 Å². The summed E-state index contributed by atoms with van der Waals surface area (Å²) in [6.07, 6.45) is 1.42. The van der Waals surface area contributed by atoms with E-state index in [0.717, 1.165) is 5.56 Å². The predicted octanol–water partition coefficient (Wildman–Crippen LogP) is 6.65. The molecule has 9 heteroatoms. The minimum Gasteiger partial charge on any atom is -0.493 e. The van der Waals surface area contributed by atoms with Gasteiger partial charge in [0.2, 0.25) is 0 Å². The highest BCUT2D eigenvalue weighted by atomic mass is 35.5. The Balaban J connectivity index is 1.71. The number of carbonyl (C=O) groups excluding carboxylic acids is 1. The topological polar surface area (TPSA) is 59.9 Å². The van der Waals surface area contributed by atoms with Crippen molar-refractivity contribution in [3.63, 3.8) is 0 Å². The van der Waals surface area contributed by atoms with Crippen LogP contribution in [-0.4, -0.2) is 19.2 Å². The van der Waals surface area contributed by atoms with Crippen LogP contribution in [0.1, 0.15) is 21.5 Å². The molecule has 0 aliphatic rings. The molecule has 0 saturated heterocycles. The van der Waals surface area contributed by atoms with Crippen LogP contribution in [0.5, 0.6) is 11.5 Å². The lowest BCUT2D eigenvalue weighted by atomic mass is 10.2. The second-order valence-corrected chi connectivity index (χ2v) is 7.90. The Hall–Kier alpha value is -2.44. The van der Waals surface area contributed by atoms with Crippen molar-refractivity contribution >= 4 is 58.5 Å². The molecule has 0 aliphatic carbocycles. The van der Waals surface area contributed by atoms with Gasteiger partial charge in [-0.2, -0.15) is 5.10 Å². The fraction of sp³-hybridized carbons (Fsp3) is 0.0909. The molecule has 1 N–H and O–H groups in total. The van der Waals surface area contributed by atoms with E-state index in [9.17, 15) is 4.79 Å². The van der Waals surface area contributed by atoms with Gasteiger partial charge >= 0.3 is 0 Å². The number of methoxy groups -OCH3 is 1. The maximum atomic E-state index is 12.2. The number of hydrogen-bond donors (Lipinski definition) is 1. The van der Waals surface area contributed by atoms with Crippen LogP contribution >= 0.6 is 46.4 Å². The quantitative estimate of drug-likeness (QED) is 0.293. The lowest BCUT2D eigenvalue weighted by molar-refractivity contribution is 0.0955. The SMILES string of the molecule is COc1cc(/C=N\NC(=O)c2ccc(Cl)cc2Cl)cc(Cl)c1OCc1ccccc1Cl. The first-order valence-corrected chi connectivity index (χ1v) is 10.4. The number of hydrogen-bond acceptors (Lipinski definition) is 4. The van der Waals surface area contributed by atoms with E-state index in [-0.39, 0.29) is 17.2 Å². The first-order valence-electron chi connectivity index (χ1n) is 8.91. The summed E-state index contributed by atoms with van der Waals surface area (Å²) in [5.74, 6) is 0.307. The van der Waals surface area contributed by atoms with Gasteiger partial charge in [-0.15, -0.1) is 0 Å². The molecule has 0 bridgehead atoms. The number of rotatable bonds is 7. The molecule has 0 saturated carbocycles. The Morgan fingerprint density at radius 1 is 1.00 bits per heavy atom. The molecule has 0 atom stereocenters. The van der Waals surface area contributed by atoms with Gasteiger partial charge in [0, 0.05) is 15.6 Å². The normalized spacial score (nSPS) is 10.9. The summed E-state index contributed by atoms with van der Waals surface area (Å²) >= 11 is 24.4. The van der Waals surface area contributed by atoms with Crippen molar-refractivity contribution in [1.82, 2.24) is 5.43 Å². The number of carbonyl (C=O) groups is 1. The second kappa shape index (κ2) is 10.7. The lowest BCUT2D eigenvalue weighted by Crippen LogP contribution is -2.18. The molecule has 3 aromatic carbocycles. The number of halogens is 4. The summed E-state index contributed by atoms with van der Waals surface area (Å²) in [6, 6.07) is 15.2. The average molecular weight is 498 g/mol. The van der Waals surface area contributed by atoms with E-state index in [1.807, 2.05) is 18.2 Å².